The van der Waals surface area contributed by atoms with Crippen LogP contribution in [0.2, 0.25) is 0 Å². The fraction of sp³-hybridized carbons (Fsp3) is 0.200. The number of ether oxygens (including phenoxy) is 1. The second-order valence-electron chi connectivity index (χ2n) is 11.4. The van der Waals surface area contributed by atoms with Crippen LogP contribution in [0.4, 0.5) is 10.1 Å². The van der Waals surface area contributed by atoms with Gasteiger partial charge in [-0.2, -0.15) is 0 Å². The van der Waals surface area contributed by atoms with Crippen LogP contribution in [-0.2, 0) is 14.8 Å². The van der Waals surface area contributed by atoms with Gasteiger partial charge in [0.1, 0.15) is 28.7 Å². The predicted octanol–water partition coefficient (Wildman–Crippen LogP) is 5.31. The molecule has 1 N–H and O–H groups in total. The number of hydrogen-bond acceptors (Lipinski definition) is 8. The lowest BCUT2D eigenvalue weighted by Gasteiger charge is -2.21. The van der Waals surface area contributed by atoms with Gasteiger partial charge in [0.05, 0.1) is 29.5 Å². The highest BCUT2D eigenvalue weighted by atomic mass is 32.2. The molecular formula is C35H32FN5O6S. The number of benzene rings is 4. The van der Waals surface area contributed by atoms with Gasteiger partial charge in [0.15, 0.2) is 0 Å². The van der Waals surface area contributed by atoms with Gasteiger partial charge in [-0.25, -0.2) is 17.5 Å². The van der Waals surface area contributed by atoms with Gasteiger partial charge in [-0.3, -0.25) is 13.9 Å². The fourth-order valence-electron chi connectivity index (χ4n) is 5.64. The van der Waals surface area contributed by atoms with Gasteiger partial charge in [0.2, 0.25) is 10.0 Å². The number of anilines is 1. The summed E-state index contributed by atoms with van der Waals surface area (Å²) in [6.07, 6.45) is 1.08. The number of rotatable bonds is 9. The summed E-state index contributed by atoms with van der Waals surface area (Å²) in [6.45, 7) is 2.02. The monoisotopic (exact) mass is 669 g/mol. The first-order chi connectivity index (χ1) is 22.9. The maximum Gasteiger partial charge on any atom is 0.278 e. The number of nitrogens with one attached hydrogen (secondary N) is 1. The molecule has 246 valence electrons. The van der Waals surface area contributed by atoms with E-state index in [1.54, 1.807) is 42.5 Å². The summed E-state index contributed by atoms with van der Waals surface area (Å²) in [4.78, 5) is 27.3. The Labute approximate surface area is 275 Å². The topological polar surface area (TPSA) is 137 Å². The summed E-state index contributed by atoms with van der Waals surface area (Å²) in [5, 5.41) is 11.8. The highest BCUT2D eigenvalue weighted by Crippen LogP contribution is 2.41. The number of aromatic nitrogens is 3. The number of carbonyl (C=O) groups is 1. The normalized spacial score (nSPS) is 12.4. The number of hydrogen-bond donors (Lipinski definition) is 1. The summed E-state index contributed by atoms with van der Waals surface area (Å²) < 4.78 is 53.3. The zero-order valence-corrected chi connectivity index (χ0v) is 27.6. The molecule has 6 aromatic rings. The molecule has 2 heterocycles. The van der Waals surface area contributed by atoms with Crippen LogP contribution in [0.1, 0.15) is 27.5 Å². The van der Waals surface area contributed by atoms with Gasteiger partial charge in [-0.15, -0.1) is 5.10 Å². The summed E-state index contributed by atoms with van der Waals surface area (Å²) in [5.41, 5.74) is 3.88. The van der Waals surface area contributed by atoms with E-state index in [2.05, 4.69) is 15.6 Å². The molecule has 4 aromatic carbocycles. The summed E-state index contributed by atoms with van der Waals surface area (Å²) >= 11 is 0. The molecule has 1 atom stereocenters. The molecule has 0 saturated heterocycles. The number of nitrogens with zero attached hydrogens (tertiary/aromatic N) is 4. The summed E-state index contributed by atoms with van der Waals surface area (Å²) in [6, 6.07) is 20.7. The molecule has 0 radical (unpaired) electrons. The molecular weight excluding hydrogens is 637 g/mol. The van der Waals surface area contributed by atoms with Crippen molar-refractivity contribution in [1.82, 2.24) is 20.3 Å². The third-order valence-corrected chi connectivity index (χ3v) is 9.47. The van der Waals surface area contributed by atoms with Crippen molar-refractivity contribution in [2.75, 3.05) is 38.4 Å². The Morgan fingerprint density at radius 2 is 1.71 bits per heavy atom. The van der Waals surface area contributed by atoms with Crippen molar-refractivity contribution in [3.8, 4) is 22.5 Å². The van der Waals surface area contributed by atoms with Crippen LogP contribution in [0.25, 0.3) is 44.3 Å². The smallest absolute Gasteiger partial charge is 0.278 e. The number of halogens is 1. The average Bonchev–Trinajstić information content (AvgIpc) is 3.45. The van der Waals surface area contributed by atoms with E-state index in [1.165, 1.54) is 38.0 Å². The van der Waals surface area contributed by atoms with Crippen LogP contribution >= 0.6 is 0 Å². The highest BCUT2D eigenvalue weighted by Gasteiger charge is 2.26. The Kier molecular flexibility index (Phi) is 8.58. The van der Waals surface area contributed by atoms with E-state index in [0.29, 0.717) is 44.5 Å². The van der Waals surface area contributed by atoms with Gasteiger partial charge in [0.25, 0.3) is 11.5 Å². The number of fused-ring (bicyclic) bond motifs is 2. The number of carbonyl (C=O) groups excluding carboxylic acids is 1. The SMILES string of the molecule is CNC(=O)c1c(-c2ccc(C)cc2)oc2cc(N(C)S(C)(=O)=O)c(-c3ccc4nnn([C@H](COC)c5ccc(F)cc5)c(=O)c4c3)cc12. The zero-order valence-electron chi connectivity index (χ0n) is 26.8. The van der Waals surface area contributed by atoms with Gasteiger partial charge in [-0.05, 0) is 48.4 Å². The molecule has 6 rings (SSSR count). The molecule has 0 aliphatic carbocycles. The summed E-state index contributed by atoms with van der Waals surface area (Å²) in [7, 11) is 0.659. The molecule has 11 nitrogen and oxygen atoms in total. The van der Waals surface area contributed by atoms with Crippen LogP contribution in [0, 0.1) is 12.7 Å². The number of furan rings is 1. The number of methoxy groups -OCH3 is 1. The first-order valence-corrected chi connectivity index (χ1v) is 16.7. The number of aryl methyl sites for hydroxylation is 1. The van der Waals surface area contributed by atoms with Crippen LogP contribution in [0.15, 0.2) is 88.1 Å². The number of sulfonamides is 1. The predicted molar refractivity (Wildman–Crippen MR) is 182 cm³/mol. The lowest BCUT2D eigenvalue weighted by atomic mass is 9.97. The molecule has 0 fully saturated rings. The van der Waals surface area contributed by atoms with Crippen molar-refractivity contribution >= 4 is 43.5 Å². The van der Waals surface area contributed by atoms with Gasteiger partial charge in [-0.1, -0.05) is 53.2 Å². The van der Waals surface area contributed by atoms with E-state index in [0.717, 1.165) is 16.1 Å². The molecule has 0 bridgehead atoms. The second kappa shape index (κ2) is 12.7. The third-order valence-electron chi connectivity index (χ3n) is 8.28. The maximum atomic E-state index is 14.0. The first-order valence-electron chi connectivity index (χ1n) is 14.9. The Balaban J connectivity index is 1.60. The maximum absolute atomic E-state index is 14.0. The Morgan fingerprint density at radius 3 is 2.35 bits per heavy atom. The molecule has 0 aliphatic heterocycles. The van der Waals surface area contributed by atoms with Crippen molar-refractivity contribution in [3.63, 3.8) is 0 Å². The van der Waals surface area contributed by atoms with E-state index in [4.69, 9.17) is 9.15 Å². The third kappa shape index (κ3) is 5.93. The molecule has 0 unspecified atom stereocenters. The van der Waals surface area contributed by atoms with Crippen molar-refractivity contribution in [1.29, 1.82) is 0 Å². The van der Waals surface area contributed by atoms with Crippen LogP contribution in [0.5, 0.6) is 0 Å². The molecule has 0 aliphatic rings. The Hall–Kier alpha value is -5.40. The van der Waals surface area contributed by atoms with Crippen molar-refractivity contribution in [2.24, 2.45) is 0 Å². The van der Waals surface area contributed by atoms with Crippen molar-refractivity contribution in [2.45, 2.75) is 13.0 Å². The number of amides is 1. The van der Waals surface area contributed by atoms with E-state index in [9.17, 15) is 22.4 Å². The van der Waals surface area contributed by atoms with Gasteiger partial charge in [0, 0.05) is 43.8 Å². The summed E-state index contributed by atoms with van der Waals surface area (Å²) in [5.74, 6) is -0.483. The van der Waals surface area contributed by atoms with E-state index >= 15 is 0 Å². The van der Waals surface area contributed by atoms with E-state index < -0.39 is 27.4 Å². The fourth-order valence-corrected chi connectivity index (χ4v) is 6.15. The highest BCUT2D eigenvalue weighted by molar-refractivity contribution is 7.92. The molecule has 1 amide bonds. The van der Waals surface area contributed by atoms with Crippen molar-refractivity contribution in [3.05, 3.63) is 112 Å². The minimum Gasteiger partial charge on any atom is -0.455 e. The molecule has 0 spiro atoms. The largest absolute Gasteiger partial charge is 0.455 e. The minimum atomic E-state index is -3.76. The molecule has 48 heavy (non-hydrogen) atoms. The van der Waals surface area contributed by atoms with E-state index in [-0.39, 0.29) is 29.2 Å². The molecule has 2 aromatic heterocycles. The van der Waals surface area contributed by atoms with Gasteiger partial charge < -0.3 is 14.5 Å². The average molecular weight is 670 g/mol. The zero-order chi connectivity index (χ0) is 34.3. The van der Waals surface area contributed by atoms with Crippen LogP contribution < -0.4 is 15.2 Å². The van der Waals surface area contributed by atoms with Crippen LogP contribution in [-0.4, -0.2) is 63.4 Å². The first kappa shape index (κ1) is 32.5. The standard InChI is InChI=1S/C35H32FN5O6S/c1-20-6-8-22(9-7-20)33-32(34(42)37-2)27-17-25(29(18-31(27)47-33)40(3)48(5,44)45)23-12-15-28-26(16-23)35(43)41(39-38-28)30(19-46-4)21-10-13-24(36)14-11-21/h6-18,30H,19H2,1-5H3,(H,37,42)/t30-/m1/s1. The minimum absolute atomic E-state index is 0.0669. The second-order valence-corrected chi connectivity index (χ2v) is 13.5. The Morgan fingerprint density at radius 1 is 1.02 bits per heavy atom. The quantitative estimate of drug-likeness (QED) is 0.219. The van der Waals surface area contributed by atoms with Gasteiger partial charge >= 0.3 is 0 Å². The van der Waals surface area contributed by atoms with E-state index in [1.807, 2.05) is 31.2 Å². The molecule has 0 saturated carbocycles. The van der Waals surface area contributed by atoms with Crippen molar-refractivity contribution < 1.29 is 26.8 Å². The van der Waals surface area contributed by atoms with Crippen LogP contribution in [0.3, 0.4) is 0 Å². The lowest BCUT2D eigenvalue weighted by molar-refractivity contribution is 0.0964. The Bertz CT molecular complexity index is 2350. The molecule has 13 heteroatoms. The lowest BCUT2D eigenvalue weighted by Crippen LogP contribution is -2.31.